The maximum Gasteiger partial charge on any atom is 0.193 e. The molecule has 0 atom stereocenters. The van der Waals surface area contributed by atoms with Crippen molar-refractivity contribution in [2.24, 2.45) is 10.4 Å². The smallest absolute Gasteiger partial charge is 0.193 e. The van der Waals surface area contributed by atoms with Gasteiger partial charge in [-0.1, -0.05) is 13.8 Å². The van der Waals surface area contributed by atoms with Crippen LogP contribution in [0.25, 0.3) is 0 Å². The minimum atomic E-state index is 0. The van der Waals surface area contributed by atoms with Crippen molar-refractivity contribution in [3.8, 4) is 0 Å². The van der Waals surface area contributed by atoms with E-state index < -0.39 is 0 Å². The average Bonchev–Trinajstić information content (AvgIpc) is 2.40. The van der Waals surface area contributed by atoms with Crippen molar-refractivity contribution in [1.29, 1.82) is 0 Å². The van der Waals surface area contributed by atoms with Crippen molar-refractivity contribution in [3.05, 3.63) is 0 Å². The van der Waals surface area contributed by atoms with E-state index in [2.05, 4.69) is 55.0 Å². The Labute approximate surface area is 153 Å². The molecule has 5 nitrogen and oxygen atoms in total. The van der Waals surface area contributed by atoms with Crippen LogP contribution in [0.2, 0.25) is 0 Å². The van der Waals surface area contributed by atoms with Crippen LogP contribution in [0.1, 0.15) is 33.6 Å². The summed E-state index contributed by atoms with van der Waals surface area (Å²) in [6.45, 7) is 11.5. The predicted molar refractivity (Wildman–Crippen MR) is 105 cm³/mol. The summed E-state index contributed by atoms with van der Waals surface area (Å²) in [4.78, 5) is 9.02. The minimum Gasteiger partial charge on any atom is -0.378 e. The Morgan fingerprint density at radius 1 is 1.32 bits per heavy atom. The van der Waals surface area contributed by atoms with E-state index in [0.29, 0.717) is 6.10 Å². The number of guanidine groups is 1. The normalized spacial score (nSPS) is 17.6. The molecule has 1 N–H and O–H groups in total. The fraction of sp³-hybridized carbons (Fsp3) is 0.938. The zero-order valence-electron chi connectivity index (χ0n) is 15.2. The van der Waals surface area contributed by atoms with Gasteiger partial charge in [-0.15, -0.1) is 24.0 Å². The van der Waals surface area contributed by atoms with Crippen molar-refractivity contribution in [2.75, 3.05) is 53.9 Å². The third kappa shape index (κ3) is 7.97. The predicted octanol–water partition coefficient (Wildman–Crippen LogP) is 2.27. The van der Waals surface area contributed by atoms with Crippen LogP contribution >= 0.6 is 24.0 Å². The topological polar surface area (TPSA) is 40.1 Å². The molecule has 1 saturated heterocycles. The lowest BCUT2D eigenvalue weighted by atomic mass is 9.93. The van der Waals surface area contributed by atoms with Gasteiger partial charge < -0.3 is 19.9 Å². The molecule has 0 unspecified atom stereocenters. The number of aliphatic imine (C=N–C) groups is 1. The number of hydrogen-bond donors (Lipinski definition) is 1. The fourth-order valence-electron chi connectivity index (χ4n) is 3.03. The molecule has 132 valence electrons. The maximum atomic E-state index is 5.71. The highest BCUT2D eigenvalue weighted by molar-refractivity contribution is 14.0. The minimum absolute atomic E-state index is 0. The van der Waals surface area contributed by atoms with Gasteiger partial charge in [0.25, 0.3) is 0 Å². The van der Waals surface area contributed by atoms with Crippen LogP contribution in [0.15, 0.2) is 4.99 Å². The first kappa shape index (κ1) is 21.9. The number of nitrogens with one attached hydrogen (secondary N) is 1. The van der Waals surface area contributed by atoms with Gasteiger partial charge in [0.15, 0.2) is 5.96 Å². The van der Waals surface area contributed by atoms with Gasteiger partial charge in [-0.2, -0.15) is 0 Å². The first-order chi connectivity index (χ1) is 9.88. The number of ether oxygens (including phenoxy) is 1. The Bertz CT molecular complexity index is 326. The Balaban J connectivity index is 0.00000441. The largest absolute Gasteiger partial charge is 0.378 e. The number of rotatable bonds is 6. The van der Waals surface area contributed by atoms with E-state index in [4.69, 9.17) is 4.74 Å². The third-order valence-corrected chi connectivity index (χ3v) is 3.83. The number of hydrogen-bond acceptors (Lipinski definition) is 3. The zero-order chi connectivity index (χ0) is 15.9. The number of nitrogens with zero attached hydrogens (tertiary/aromatic N) is 3. The van der Waals surface area contributed by atoms with Crippen molar-refractivity contribution in [1.82, 2.24) is 15.1 Å². The molecule has 0 aromatic rings. The molecule has 0 spiro atoms. The molecule has 6 heteroatoms. The van der Waals surface area contributed by atoms with Gasteiger partial charge in [-0.05, 0) is 39.3 Å². The molecule has 0 radical (unpaired) electrons. The second kappa shape index (κ2) is 10.6. The molecule has 0 aromatic carbocycles. The first-order valence-electron chi connectivity index (χ1n) is 8.10. The fourth-order valence-corrected chi connectivity index (χ4v) is 3.03. The standard InChI is InChI=1S/C16H34N4O.HI/c1-7-21-14-8-10-20(11-9-14)15(17-4)18-12-16(2,3)13-19(5)6;/h14H,7-13H2,1-6H3,(H,17,18);1H. The summed E-state index contributed by atoms with van der Waals surface area (Å²) in [7, 11) is 6.11. The molecule has 22 heavy (non-hydrogen) atoms. The molecule has 1 aliphatic heterocycles. The maximum absolute atomic E-state index is 5.71. The molecule has 0 saturated carbocycles. The quantitative estimate of drug-likeness (QED) is 0.402. The second-order valence-corrected chi connectivity index (χ2v) is 6.94. The number of halogens is 1. The monoisotopic (exact) mass is 426 g/mol. The van der Waals surface area contributed by atoms with Crippen LogP contribution in [-0.4, -0.2) is 75.8 Å². The van der Waals surface area contributed by atoms with E-state index in [-0.39, 0.29) is 29.4 Å². The molecule has 1 rings (SSSR count). The van der Waals surface area contributed by atoms with Crippen LogP contribution in [0, 0.1) is 5.41 Å². The summed E-state index contributed by atoms with van der Waals surface area (Å²) in [6.07, 6.45) is 2.61. The van der Waals surface area contributed by atoms with Gasteiger partial charge >= 0.3 is 0 Å². The molecule has 0 aliphatic carbocycles. The van der Waals surface area contributed by atoms with Gasteiger partial charge in [-0.3, -0.25) is 4.99 Å². The van der Waals surface area contributed by atoms with Crippen molar-refractivity contribution in [3.63, 3.8) is 0 Å². The molecule has 1 aliphatic rings. The van der Waals surface area contributed by atoms with E-state index in [0.717, 1.165) is 51.6 Å². The molecule has 1 heterocycles. The van der Waals surface area contributed by atoms with Crippen LogP contribution in [-0.2, 0) is 4.74 Å². The van der Waals surface area contributed by atoms with E-state index >= 15 is 0 Å². The second-order valence-electron chi connectivity index (χ2n) is 6.94. The molecule has 0 amide bonds. The first-order valence-corrected chi connectivity index (χ1v) is 8.10. The third-order valence-electron chi connectivity index (χ3n) is 3.83. The van der Waals surface area contributed by atoms with E-state index in [1.165, 1.54) is 0 Å². The summed E-state index contributed by atoms with van der Waals surface area (Å²) in [5.41, 5.74) is 0.225. The van der Waals surface area contributed by atoms with E-state index in [9.17, 15) is 0 Å². The molecular formula is C16H35IN4O. The highest BCUT2D eigenvalue weighted by Gasteiger charge is 2.24. The van der Waals surface area contributed by atoms with Gasteiger partial charge in [0, 0.05) is 39.8 Å². The lowest BCUT2D eigenvalue weighted by molar-refractivity contribution is 0.0262. The average molecular weight is 426 g/mol. The molecule has 0 bridgehead atoms. The Morgan fingerprint density at radius 2 is 1.91 bits per heavy atom. The van der Waals surface area contributed by atoms with Crippen LogP contribution in [0.5, 0.6) is 0 Å². The molecule has 1 fully saturated rings. The summed E-state index contributed by atoms with van der Waals surface area (Å²) >= 11 is 0. The summed E-state index contributed by atoms with van der Waals surface area (Å²) in [6, 6.07) is 0. The summed E-state index contributed by atoms with van der Waals surface area (Å²) in [5.74, 6) is 1.02. The van der Waals surface area contributed by atoms with Crippen molar-refractivity contribution < 1.29 is 4.74 Å². The lowest BCUT2D eigenvalue weighted by Gasteiger charge is -2.36. The van der Waals surface area contributed by atoms with Crippen LogP contribution in [0.3, 0.4) is 0 Å². The van der Waals surface area contributed by atoms with Crippen molar-refractivity contribution >= 4 is 29.9 Å². The number of likely N-dealkylation sites (tertiary alicyclic amines) is 1. The number of piperidine rings is 1. The highest BCUT2D eigenvalue weighted by Crippen LogP contribution is 2.16. The Hall–Kier alpha value is -0.0800. The van der Waals surface area contributed by atoms with E-state index in [1.807, 2.05) is 7.05 Å². The van der Waals surface area contributed by atoms with Crippen LogP contribution in [0.4, 0.5) is 0 Å². The van der Waals surface area contributed by atoms with Crippen LogP contribution < -0.4 is 5.32 Å². The summed E-state index contributed by atoms with van der Waals surface area (Å²) < 4.78 is 5.71. The Kier molecular flexibility index (Phi) is 10.6. The van der Waals surface area contributed by atoms with Gasteiger partial charge in [-0.25, -0.2) is 0 Å². The Morgan fingerprint density at radius 3 is 2.36 bits per heavy atom. The zero-order valence-corrected chi connectivity index (χ0v) is 17.5. The van der Waals surface area contributed by atoms with Crippen molar-refractivity contribution in [2.45, 2.75) is 39.7 Å². The van der Waals surface area contributed by atoms with Gasteiger partial charge in [0.2, 0.25) is 0 Å². The summed E-state index contributed by atoms with van der Waals surface area (Å²) in [5, 5.41) is 3.54. The molecule has 0 aromatic heterocycles. The lowest BCUT2D eigenvalue weighted by Crippen LogP contribution is -2.50. The van der Waals surface area contributed by atoms with E-state index in [1.54, 1.807) is 0 Å². The molecular weight excluding hydrogens is 391 g/mol. The van der Waals surface area contributed by atoms with Gasteiger partial charge in [0.05, 0.1) is 6.10 Å². The highest BCUT2D eigenvalue weighted by atomic mass is 127. The SMILES string of the molecule is CCOC1CCN(C(=NC)NCC(C)(C)CN(C)C)CC1.I. The van der Waals surface area contributed by atoms with Gasteiger partial charge in [0.1, 0.15) is 0 Å².